The van der Waals surface area contributed by atoms with E-state index < -0.39 is 6.04 Å². The van der Waals surface area contributed by atoms with Crippen LogP contribution in [0.15, 0.2) is 0 Å². The number of rotatable bonds is 3. The summed E-state index contributed by atoms with van der Waals surface area (Å²) in [6.45, 7) is 7.77. The topological polar surface area (TPSA) is 80.9 Å². The van der Waals surface area contributed by atoms with Crippen LogP contribution in [0.4, 0.5) is 5.13 Å². The van der Waals surface area contributed by atoms with Crippen molar-refractivity contribution in [3.05, 3.63) is 5.01 Å². The van der Waals surface area contributed by atoms with Crippen molar-refractivity contribution >= 4 is 22.4 Å². The zero-order chi connectivity index (χ0) is 12.3. The third-order valence-corrected chi connectivity index (χ3v) is 3.20. The fourth-order valence-corrected chi connectivity index (χ4v) is 1.71. The van der Waals surface area contributed by atoms with Crippen molar-refractivity contribution in [2.75, 3.05) is 5.32 Å². The Balaban J connectivity index is 2.64. The van der Waals surface area contributed by atoms with Gasteiger partial charge in [0, 0.05) is 0 Å². The molecule has 1 heterocycles. The third kappa shape index (κ3) is 3.24. The predicted molar refractivity (Wildman–Crippen MR) is 65.3 cm³/mol. The first-order valence-electron chi connectivity index (χ1n) is 5.23. The number of aromatic nitrogens is 2. The van der Waals surface area contributed by atoms with Crippen molar-refractivity contribution in [2.24, 2.45) is 11.1 Å². The number of nitrogens with one attached hydrogen (secondary N) is 1. The standard InChI is InChI=1S/C10H18N4OS/c1-5-6-13-14-9(16-6)12-8(15)7(11)10(2,3)4/h7H,5,11H2,1-4H3,(H,12,14,15)/t7-/m1/s1. The highest BCUT2D eigenvalue weighted by Crippen LogP contribution is 2.20. The molecule has 1 amide bonds. The average Bonchev–Trinajstić information content (AvgIpc) is 2.63. The first-order valence-corrected chi connectivity index (χ1v) is 6.05. The molecule has 0 aliphatic carbocycles. The molecule has 0 aliphatic heterocycles. The Hall–Kier alpha value is -1.01. The summed E-state index contributed by atoms with van der Waals surface area (Å²) in [5, 5.41) is 11.9. The molecule has 0 spiro atoms. The summed E-state index contributed by atoms with van der Waals surface area (Å²) < 4.78 is 0. The number of anilines is 1. The van der Waals surface area contributed by atoms with Gasteiger partial charge in [0.2, 0.25) is 11.0 Å². The Morgan fingerprint density at radius 3 is 2.56 bits per heavy atom. The van der Waals surface area contributed by atoms with Gasteiger partial charge in [0.15, 0.2) is 0 Å². The molecule has 0 fully saturated rings. The minimum atomic E-state index is -0.554. The third-order valence-electron chi connectivity index (χ3n) is 2.21. The van der Waals surface area contributed by atoms with E-state index in [-0.39, 0.29) is 11.3 Å². The van der Waals surface area contributed by atoms with E-state index in [4.69, 9.17) is 5.73 Å². The summed E-state index contributed by atoms with van der Waals surface area (Å²) in [6, 6.07) is -0.554. The van der Waals surface area contributed by atoms with Crippen molar-refractivity contribution in [1.82, 2.24) is 10.2 Å². The summed E-state index contributed by atoms with van der Waals surface area (Å²) in [6.07, 6.45) is 0.818. The van der Waals surface area contributed by atoms with Gasteiger partial charge in [0.05, 0.1) is 6.04 Å². The highest BCUT2D eigenvalue weighted by atomic mass is 32.1. The van der Waals surface area contributed by atoms with Crippen LogP contribution in [0.1, 0.15) is 32.7 Å². The molecule has 0 unspecified atom stereocenters. The van der Waals surface area contributed by atoms with Crippen molar-refractivity contribution in [1.29, 1.82) is 0 Å². The highest BCUT2D eigenvalue weighted by Gasteiger charge is 2.28. The Bertz CT molecular complexity index is 369. The van der Waals surface area contributed by atoms with E-state index in [2.05, 4.69) is 15.5 Å². The lowest BCUT2D eigenvalue weighted by Gasteiger charge is -2.25. The van der Waals surface area contributed by atoms with Crippen molar-refractivity contribution < 1.29 is 4.79 Å². The van der Waals surface area contributed by atoms with E-state index in [1.165, 1.54) is 11.3 Å². The summed E-state index contributed by atoms with van der Waals surface area (Å²) >= 11 is 1.38. The zero-order valence-electron chi connectivity index (χ0n) is 10.1. The highest BCUT2D eigenvalue weighted by molar-refractivity contribution is 7.15. The van der Waals surface area contributed by atoms with Crippen molar-refractivity contribution in [2.45, 2.75) is 40.2 Å². The van der Waals surface area contributed by atoms with Crippen LogP contribution in [-0.4, -0.2) is 22.1 Å². The van der Waals surface area contributed by atoms with Crippen LogP contribution < -0.4 is 11.1 Å². The minimum Gasteiger partial charge on any atom is -0.319 e. The lowest BCUT2D eigenvalue weighted by Crippen LogP contribution is -2.45. The Kier molecular flexibility index (Phi) is 3.98. The Labute approximate surface area is 99.5 Å². The number of carbonyl (C=O) groups is 1. The van der Waals surface area contributed by atoms with E-state index in [9.17, 15) is 4.79 Å². The van der Waals surface area contributed by atoms with Gasteiger partial charge in [-0.05, 0) is 11.8 Å². The number of nitrogens with two attached hydrogens (primary N) is 1. The van der Waals surface area contributed by atoms with Crippen LogP contribution in [0.3, 0.4) is 0 Å². The summed E-state index contributed by atoms with van der Waals surface area (Å²) in [5.41, 5.74) is 5.56. The molecule has 1 atom stereocenters. The molecule has 0 saturated carbocycles. The van der Waals surface area contributed by atoms with Gasteiger partial charge >= 0.3 is 0 Å². The molecule has 0 aromatic carbocycles. The molecule has 1 aromatic rings. The number of carbonyl (C=O) groups excluding carboxylic acids is 1. The summed E-state index contributed by atoms with van der Waals surface area (Å²) in [5.74, 6) is -0.216. The van der Waals surface area contributed by atoms with E-state index in [1.807, 2.05) is 27.7 Å². The van der Waals surface area contributed by atoms with Gasteiger partial charge in [-0.2, -0.15) is 0 Å². The van der Waals surface area contributed by atoms with Crippen LogP contribution in [-0.2, 0) is 11.2 Å². The Morgan fingerprint density at radius 1 is 1.50 bits per heavy atom. The summed E-state index contributed by atoms with van der Waals surface area (Å²) in [4.78, 5) is 11.8. The van der Waals surface area contributed by atoms with E-state index in [0.29, 0.717) is 5.13 Å². The molecule has 3 N–H and O–H groups in total. The molecule has 1 aromatic heterocycles. The average molecular weight is 242 g/mol. The van der Waals surface area contributed by atoms with E-state index in [0.717, 1.165) is 11.4 Å². The fourth-order valence-electron chi connectivity index (χ4n) is 1.02. The maximum Gasteiger partial charge on any atom is 0.243 e. The second-order valence-corrected chi connectivity index (χ2v) is 5.75. The number of amides is 1. The number of hydrogen-bond acceptors (Lipinski definition) is 5. The molecule has 0 radical (unpaired) electrons. The molecule has 5 nitrogen and oxygen atoms in total. The zero-order valence-corrected chi connectivity index (χ0v) is 10.9. The van der Waals surface area contributed by atoms with Crippen molar-refractivity contribution in [3.63, 3.8) is 0 Å². The number of nitrogens with zero attached hydrogens (tertiary/aromatic N) is 2. The molecule has 90 valence electrons. The maximum absolute atomic E-state index is 11.8. The molecule has 0 bridgehead atoms. The van der Waals surface area contributed by atoms with Gasteiger partial charge in [-0.25, -0.2) is 0 Å². The second kappa shape index (κ2) is 4.88. The summed E-state index contributed by atoms with van der Waals surface area (Å²) in [7, 11) is 0. The van der Waals surface area contributed by atoms with Gasteiger partial charge in [-0.1, -0.05) is 39.0 Å². The van der Waals surface area contributed by atoms with Gasteiger partial charge in [-0.15, -0.1) is 10.2 Å². The molecular formula is C10H18N4OS. The molecular weight excluding hydrogens is 224 g/mol. The van der Waals surface area contributed by atoms with Crippen molar-refractivity contribution in [3.8, 4) is 0 Å². The van der Waals surface area contributed by atoms with Crippen LogP contribution >= 0.6 is 11.3 Å². The largest absolute Gasteiger partial charge is 0.319 e. The monoisotopic (exact) mass is 242 g/mol. The number of aryl methyl sites for hydroxylation is 1. The second-order valence-electron chi connectivity index (χ2n) is 4.69. The number of hydrogen-bond donors (Lipinski definition) is 2. The van der Waals surface area contributed by atoms with Crippen LogP contribution in [0.5, 0.6) is 0 Å². The van der Waals surface area contributed by atoms with Gasteiger partial charge < -0.3 is 5.73 Å². The maximum atomic E-state index is 11.8. The van der Waals surface area contributed by atoms with E-state index in [1.54, 1.807) is 0 Å². The van der Waals surface area contributed by atoms with Gasteiger partial charge in [0.1, 0.15) is 5.01 Å². The predicted octanol–water partition coefficient (Wildman–Crippen LogP) is 1.41. The quantitative estimate of drug-likeness (QED) is 0.839. The first-order chi connectivity index (χ1) is 7.34. The smallest absolute Gasteiger partial charge is 0.243 e. The van der Waals surface area contributed by atoms with Crippen LogP contribution in [0, 0.1) is 5.41 Å². The molecule has 6 heteroatoms. The lowest BCUT2D eigenvalue weighted by atomic mass is 9.87. The molecule has 16 heavy (non-hydrogen) atoms. The molecule has 0 aliphatic rings. The lowest BCUT2D eigenvalue weighted by molar-refractivity contribution is -0.119. The Morgan fingerprint density at radius 2 is 2.12 bits per heavy atom. The van der Waals surface area contributed by atoms with Crippen LogP contribution in [0.2, 0.25) is 0 Å². The molecule has 0 saturated heterocycles. The minimum absolute atomic E-state index is 0.216. The van der Waals surface area contributed by atoms with Gasteiger partial charge in [0.25, 0.3) is 0 Å². The molecule has 1 rings (SSSR count). The van der Waals surface area contributed by atoms with Gasteiger partial charge in [-0.3, -0.25) is 10.1 Å². The van der Waals surface area contributed by atoms with Crippen LogP contribution in [0.25, 0.3) is 0 Å². The SMILES string of the molecule is CCc1nnc(NC(=O)[C@@H](N)C(C)(C)C)s1. The van der Waals surface area contributed by atoms with E-state index >= 15 is 0 Å². The first kappa shape index (κ1) is 13.1. The normalized spacial score (nSPS) is 13.6. The fraction of sp³-hybridized carbons (Fsp3) is 0.700.